The zero-order valence-electron chi connectivity index (χ0n) is 30.0. The van der Waals surface area contributed by atoms with Gasteiger partial charge in [-0.2, -0.15) is 0 Å². The molecule has 1 fully saturated rings. The van der Waals surface area contributed by atoms with Crippen LogP contribution in [0.25, 0.3) is 0 Å². The van der Waals surface area contributed by atoms with E-state index < -0.39 is 76.5 Å². The minimum atomic E-state index is -1.79. The van der Waals surface area contributed by atoms with Gasteiger partial charge in [0.05, 0.1) is 5.92 Å². The maximum atomic E-state index is 14.0. The number of amides is 5. The van der Waals surface area contributed by atoms with Crippen LogP contribution in [0.2, 0.25) is 0 Å². The number of barbiturate groups is 1. The number of rotatable bonds is 14. The van der Waals surface area contributed by atoms with Gasteiger partial charge < -0.3 is 24.3 Å². The first kappa shape index (κ1) is 40.7. The van der Waals surface area contributed by atoms with Crippen LogP contribution in [0.5, 0.6) is 0 Å². The SMILES string of the molecule is CC(C)(C)OC(=O)CC[C@H](C(=O)OC(C)(C)C)C1C(=O)NC(=O)N([C@@H](CCCCNC(=O)OCc2ccccc2)C(=O)OC(C)(C)C)C1=O. The first-order valence-electron chi connectivity index (χ1n) is 16.4. The van der Waals surface area contributed by atoms with Crippen molar-refractivity contribution in [2.75, 3.05) is 6.54 Å². The van der Waals surface area contributed by atoms with Gasteiger partial charge in [0.2, 0.25) is 11.8 Å². The summed E-state index contributed by atoms with van der Waals surface area (Å²) >= 11 is 0. The summed E-state index contributed by atoms with van der Waals surface area (Å²) in [5, 5.41) is 4.71. The van der Waals surface area contributed by atoms with Gasteiger partial charge in [0.25, 0.3) is 0 Å². The fraction of sp³-hybridized carbons (Fsp3) is 0.629. The Kier molecular flexibility index (Phi) is 14.3. The number of imide groups is 2. The molecule has 2 rings (SSSR count). The monoisotopic (exact) mass is 689 g/mol. The summed E-state index contributed by atoms with van der Waals surface area (Å²) in [4.78, 5) is 92.6. The molecule has 1 saturated heterocycles. The fourth-order valence-electron chi connectivity index (χ4n) is 4.87. The molecule has 0 aliphatic carbocycles. The van der Waals surface area contributed by atoms with Crippen LogP contribution in [-0.2, 0) is 49.5 Å². The van der Waals surface area contributed by atoms with Gasteiger partial charge in [-0.25, -0.2) is 19.3 Å². The molecule has 1 heterocycles. The van der Waals surface area contributed by atoms with Crippen molar-refractivity contribution in [3.63, 3.8) is 0 Å². The topological polar surface area (TPSA) is 184 Å². The third kappa shape index (κ3) is 14.3. The Hall–Kier alpha value is -4.49. The molecule has 0 radical (unpaired) electrons. The van der Waals surface area contributed by atoms with Crippen molar-refractivity contribution in [1.82, 2.24) is 15.5 Å². The number of carbonyl (C=O) groups is 7. The Balaban J connectivity index is 2.26. The van der Waals surface area contributed by atoms with Crippen LogP contribution >= 0.6 is 0 Å². The average molecular weight is 690 g/mol. The Labute approximate surface area is 287 Å². The number of esters is 3. The first-order valence-corrected chi connectivity index (χ1v) is 16.4. The van der Waals surface area contributed by atoms with Gasteiger partial charge in [0.15, 0.2) is 0 Å². The number of alkyl carbamates (subject to hydrolysis) is 1. The van der Waals surface area contributed by atoms with Gasteiger partial charge in [0.1, 0.15) is 35.4 Å². The van der Waals surface area contributed by atoms with Crippen molar-refractivity contribution >= 4 is 41.8 Å². The molecule has 0 bridgehead atoms. The average Bonchev–Trinajstić information content (AvgIpc) is 2.94. The number of urea groups is 1. The van der Waals surface area contributed by atoms with E-state index in [0.29, 0.717) is 11.3 Å². The van der Waals surface area contributed by atoms with Crippen LogP contribution < -0.4 is 10.6 Å². The van der Waals surface area contributed by atoms with Gasteiger partial charge in [-0.15, -0.1) is 0 Å². The second-order valence-corrected chi connectivity index (χ2v) is 14.8. The molecule has 272 valence electrons. The van der Waals surface area contributed by atoms with Crippen molar-refractivity contribution in [1.29, 1.82) is 0 Å². The van der Waals surface area contributed by atoms with Crippen LogP contribution in [0.1, 0.15) is 100.0 Å². The standard InChI is InChI=1S/C35H51N3O11/c1-33(2,3)47-25(39)19-18-23(29(42)48-34(4,5)6)26-27(40)37-31(44)38(28(26)41)24(30(43)49-35(7,8)9)17-13-14-20-36-32(45)46-21-22-15-11-10-12-16-22/h10-12,15-16,23-24,26H,13-14,17-21H2,1-9H3,(H,36,45)(H,37,40,44)/t23-,24-,26?/m0/s1. The van der Waals surface area contributed by atoms with E-state index in [1.54, 1.807) is 62.3 Å². The van der Waals surface area contributed by atoms with Gasteiger partial charge in [-0.1, -0.05) is 30.3 Å². The van der Waals surface area contributed by atoms with Gasteiger partial charge in [-0.3, -0.25) is 24.5 Å². The number of hydrogen-bond donors (Lipinski definition) is 2. The minimum Gasteiger partial charge on any atom is -0.460 e. The molecule has 1 aromatic rings. The number of hydrogen-bond acceptors (Lipinski definition) is 11. The molecular formula is C35H51N3O11. The molecule has 0 saturated carbocycles. The summed E-state index contributed by atoms with van der Waals surface area (Å²) in [6.07, 6.45) is -0.778. The number of ether oxygens (including phenoxy) is 4. The Bertz CT molecular complexity index is 1360. The van der Waals surface area contributed by atoms with Crippen LogP contribution in [0.4, 0.5) is 9.59 Å². The summed E-state index contributed by atoms with van der Waals surface area (Å²) < 4.78 is 21.6. The maximum absolute atomic E-state index is 14.0. The molecule has 1 aliphatic rings. The zero-order valence-corrected chi connectivity index (χ0v) is 30.0. The molecule has 5 amide bonds. The van der Waals surface area contributed by atoms with Crippen molar-refractivity contribution in [3.05, 3.63) is 35.9 Å². The van der Waals surface area contributed by atoms with Crippen molar-refractivity contribution in [3.8, 4) is 0 Å². The quantitative estimate of drug-likeness (QED) is 0.121. The van der Waals surface area contributed by atoms with Gasteiger partial charge in [-0.05, 0) is 93.6 Å². The predicted molar refractivity (Wildman–Crippen MR) is 176 cm³/mol. The Morgan fingerprint density at radius 1 is 0.796 bits per heavy atom. The molecule has 0 spiro atoms. The molecule has 14 nitrogen and oxygen atoms in total. The van der Waals surface area contributed by atoms with Crippen molar-refractivity contribution in [2.45, 2.75) is 124 Å². The van der Waals surface area contributed by atoms with E-state index in [1.165, 1.54) is 0 Å². The van der Waals surface area contributed by atoms with Crippen LogP contribution in [0.15, 0.2) is 30.3 Å². The minimum absolute atomic E-state index is 0.0786. The summed E-state index contributed by atoms with van der Waals surface area (Å²) in [7, 11) is 0. The van der Waals surface area contributed by atoms with Gasteiger partial charge >= 0.3 is 30.0 Å². The van der Waals surface area contributed by atoms with E-state index in [2.05, 4.69) is 10.6 Å². The van der Waals surface area contributed by atoms with E-state index in [9.17, 15) is 33.6 Å². The number of nitrogens with one attached hydrogen (secondary N) is 2. The normalized spacial score (nSPS) is 16.6. The molecule has 0 aromatic heterocycles. The predicted octanol–water partition coefficient (Wildman–Crippen LogP) is 4.57. The largest absolute Gasteiger partial charge is 0.460 e. The highest BCUT2D eigenvalue weighted by atomic mass is 16.6. The summed E-state index contributed by atoms with van der Waals surface area (Å²) in [5.74, 6) is -7.94. The van der Waals surface area contributed by atoms with Crippen LogP contribution in [0, 0.1) is 11.8 Å². The lowest BCUT2D eigenvalue weighted by Crippen LogP contribution is -2.64. The highest BCUT2D eigenvalue weighted by Crippen LogP contribution is 2.30. The molecule has 1 unspecified atom stereocenters. The highest BCUT2D eigenvalue weighted by Gasteiger charge is 2.52. The molecule has 2 N–H and O–H groups in total. The number of nitrogens with zero attached hydrogens (tertiary/aromatic N) is 1. The Morgan fingerprint density at radius 3 is 1.94 bits per heavy atom. The number of carbonyl (C=O) groups excluding carboxylic acids is 7. The number of benzene rings is 1. The summed E-state index contributed by atoms with van der Waals surface area (Å²) in [6, 6.07) is 6.50. The molecule has 3 atom stereocenters. The highest BCUT2D eigenvalue weighted by molar-refractivity contribution is 6.18. The van der Waals surface area contributed by atoms with E-state index in [1.807, 2.05) is 30.3 Å². The lowest BCUT2D eigenvalue weighted by atomic mass is 9.84. The smallest absolute Gasteiger partial charge is 0.407 e. The van der Waals surface area contributed by atoms with E-state index in [0.717, 1.165) is 5.56 Å². The zero-order chi connectivity index (χ0) is 37.2. The molecule has 1 aliphatic heterocycles. The van der Waals surface area contributed by atoms with E-state index in [-0.39, 0.29) is 38.8 Å². The van der Waals surface area contributed by atoms with Gasteiger partial charge in [0, 0.05) is 13.0 Å². The lowest BCUT2D eigenvalue weighted by Gasteiger charge is -2.38. The van der Waals surface area contributed by atoms with Crippen LogP contribution in [-0.4, -0.2) is 76.1 Å². The third-order valence-corrected chi connectivity index (χ3v) is 6.80. The third-order valence-electron chi connectivity index (χ3n) is 6.80. The molecule has 14 heteroatoms. The first-order chi connectivity index (χ1) is 22.6. The molecular weight excluding hydrogens is 638 g/mol. The Morgan fingerprint density at radius 2 is 1.37 bits per heavy atom. The molecule has 1 aromatic carbocycles. The van der Waals surface area contributed by atoms with Crippen molar-refractivity contribution < 1.29 is 52.5 Å². The fourth-order valence-corrected chi connectivity index (χ4v) is 4.87. The van der Waals surface area contributed by atoms with E-state index in [4.69, 9.17) is 18.9 Å². The molecule has 49 heavy (non-hydrogen) atoms. The van der Waals surface area contributed by atoms with E-state index >= 15 is 0 Å². The number of unbranched alkanes of at least 4 members (excludes halogenated alkanes) is 1. The summed E-state index contributed by atoms with van der Waals surface area (Å²) in [5.41, 5.74) is -2.00. The second kappa shape index (κ2) is 17.3. The lowest BCUT2D eigenvalue weighted by molar-refractivity contribution is -0.172. The second-order valence-electron chi connectivity index (χ2n) is 14.8. The maximum Gasteiger partial charge on any atom is 0.407 e. The van der Waals surface area contributed by atoms with Crippen LogP contribution in [0.3, 0.4) is 0 Å². The summed E-state index contributed by atoms with van der Waals surface area (Å²) in [6.45, 7) is 14.9. The van der Waals surface area contributed by atoms with Crippen molar-refractivity contribution in [2.24, 2.45) is 11.8 Å².